The standard InChI is InChI=1S/C12H12Cl2O/c1-9(15)4-2-3-5-10-6-7-11(13)8-12(10)14/h2-3,6-8H,4-5H2,1H3/b3-2+. The lowest BCUT2D eigenvalue weighted by atomic mass is 10.1. The minimum Gasteiger partial charge on any atom is -0.300 e. The van der Waals surface area contributed by atoms with Crippen LogP contribution in [0.5, 0.6) is 0 Å². The Morgan fingerprint density at radius 2 is 2.07 bits per heavy atom. The number of ketones is 1. The van der Waals surface area contributed by atoms with Crippen molar-refractivity contribution in [2.24, 2.45) is 0 Å². The van der Waals surface area contributed by atoms with Gasteiger partial charge in [-0.05, 0) is 31.0 Å². The minimum absolute atomic E-state index is 0.161. The Hall–Kier alpha value is -0.790. The van der Waals surface area contributed by atoms with E-state index in [9.17, 15) is 4.79 Å². The monoisotopic (exact) mass is 242 g/mol. The van der Waals surface area contributed by atoms with Gasteiger partial charge in [-0.1, -0.05) is 41.4 Å². The number of rotatable bonds is 4. The summed E-state index contributed by atoms with van der Waals surface area (Å²) < 4.78 is 0. The highest BCUT2D eigenvalue weighted by Crippen LogP contribution is 2.21. The summed E-state index contributed by atoms with van der Waals surface area (Å²) >= 11 is 11.8. The van der Waals surface area contributed by atoms with Crippen molar-refractivity contribution in [1.82, 2.24) is 0 Å². The van der Waals surface area contributed by atoms with Gasteiger partial charge in [0, 0.05) is 16.5 Å². The first-order valence-corrected chi connectivity index (χ1v) is 5.43. The van der Waals surface area contributed by atoms with Gasteiger partial charge in [-0.15, -0.1) is 0 Å². The lowest BCUT2D eigenvalue weighted by Crippen LogP contribution is -1.86. The van der Waals surface area contributed by atoms with Crippen LogP contribution in [-0.2, 0) is 11.2 Å². The summed E-state index contributed by atoms with van der Waals surface area (Å²) in [6.45, 7) is 1.57. The molecule has 0 radical (unpaired) electrons. The van der Waals surface area contributed by atoms with E-state index in [1.807, 2.05) is 24.3 Å². The van der Waals surface area contributed by atoms with Crippen molar-refractivity contribution in [2.45, 2.75) is 19.8 Å². The fourth-order valence-electron chi connectivity index (χ4n) is 1.15. The molecule has 0 aliphatic carbocycles. The molecule has 0 amide bonds. The molecule has 0 atom stereocenters. The largest absolute Gasteiger partial charge is 0.300 e. The third kappa shape index (κ3) is 4.50. The molecule has 0 aliphatic rings. The maximum atomic E-state index is 10.7. The van der Waals surface area contributed by atoms with E-state index in [1.54, 1.807) is 13.0 Å². The maximum absolute atomic E-state index is 10.7. The third-order valence-corrected chi connectivity index (χ3v) is 2.51. The number of benzene rings is 1. The highest BCUT2D eigenvalue weighted by atomic mass is 35.5. The molecule has 15 heavy (non-hydrogen) atoms. The van der Waals surface area contributed by atoms with Crippen molar-refractivity contribution in [2.75, 3.05) is 0 Å². The molecular weight excluding hydrogens is 231 g/mol. The molecule has 1 aromatic rings. The Labute approximate surface area is 99.7 Å². The number of hydrogen-bond acceptors (Lipinski definition) is 1. The predicted octanol–water partition coefficient (Wildman–Crippen LogP) is 4.07. The van der Waals surface area contributed by atoms with E-state index in [2.05, 4.69) is 0 Å². The molecule has 0 bridgehead atoms. The number of allylic oxidation sites excluding steroid dienone is 2. The van der Waals surface area contributed by atoms with Crippen molar-refractivity contribution >= 4 is 29.0 Å². The summed E-state index contributed by atoms with van der Waals surface area (Å²) in [6, 6.07) is 5.42. The van der Waals surface area contributed by atoms with Crippen LogP contribution >= 0.6 is 23.2 Å². The highest BCUT2D eigenvalue weighted by Gasteiger charge is 1.98. The van der Waals surface area contributed by atoms with Crippen LogP contribution in [0.25, 0.3) is 0 Å². The van der Waals surface area contributed by atoms with Crippen LogP contribution in [-0.4, -0.2) is 5.78 Å². The summed E-state index contributed by atoms with van der Waals surface area (Å²) in [5.41, 5.74) is 1.01. The summed E-state index contributed by atoms with van der Waals surface area (Å²) in [5.74, 6) is 0.161. The number of Topliss-reactive ketones (excluding diaryl/α,β-unsaturated/α-hetero) is 1. The number of carbonyl (C=O) groups excluding carboxylic acids is 1. The predicted molar refractivity (Wildman–Crippen MR) is 64.6 cm³/mol. The first-order valence-electron chi connectivity index (χ1n) is 4.68. The minimum atomic E-state index is 0.161. The molecule has 1 rings (SSSR count). The molecule has 1 nitrogen and oxygen atoms in total. The van der Waals surface area contributed by atoms with E-state index in [4.69, 9.17) is 23.2 Å². The topological polar surface area (TPSA) is 17.1 Å². The quantitative estimate of drug-likeness (QED) is 0.728. The summed E-state index contributed by atoms with van der Waals surface area (Å²) in [6.07, 6.45) is 5.00. The van der Waals surface area contributed by atoms with Crippen LogP contribution in [0, 0.1) is 0 Å². The number of carbonyl (C=O) groups is 1. The molecule has 0 heterocycles. The van der Waals surface area contributed by atoms with Crippen LogP contribution < -0.4 is 0 Å². The molecule has 0 saturated heterocycles. The summed E-state index contributed by atoms with van der Waals surface area (Å²) in [7, 11) is 0. The van der Waals surface area contributed by atoms with Crippen molar-refractivity contribution in [1.29, 1.82) is 0 Å². The lowest BCUT2D eigenvalue weighted by Gasteiger charge is -2.00. The van der Waals surface area contributed by atoms with Gasteiger partial charge in [0.15, 0.2) is 0 Å². The molecule has 0 N–H and O–H groups in total. The van der Waals surface area contributed by atoms with Crippen molar-refractivity contribution in [3.8, 4) is 0 Å². The zero-order valence-electron chi connectivity index (χ0n) is 8.47. The van der Waals surface area contributed by atoms with Gasteiger partial charge in [-0.25, -0.2) is 0 Å². The van der Waals surface area contributed by atoms with Crippen LogP contribution in [0.3, 0.4) is 0 Å². The first-order chi connectivity index (χ1) is 7.09. The zero-order valence-corrected chi connectivity index (χ0v) is 9.98. The smallest absolute Gasteiger partial charge is 0.133 e. The van der Waals surface area contributed by atoms with Crippen molar-refractivity contribution < 1.29 is 4.79 Å². The van der Waals surface area contributed by atoms with E-state index < -0.39 is 0 Å². The number of hydrogen-bond donors (Lipinski definition) is 0. The van der Waals surface area contributed by atoms with Crippen LogP contribution in [0.4, 0.5) is 0 Å². The zero-order chi connectivity index (χ0) is 11.3. The number of halogens is 2. The van der Waals surface area contributed by atoms with E-state index in [1.165, 1.54) is 0 Å². The van der Waals surface area contributed by atoms with Crippen LogP contribution in [0.15, 0.2) is 30.4 Å². The first kappa shape index (κ1) is 12.3. The molecule has 0 aromatic heterocycles. The molecular formula is C12H12Cl2O. The average Bonchev–Trinajstić information content (AvgIpc) is 2.14. The van der Waals surface area contributed by atoms with Gasteiger partial charge < -0.3 is 0 Å². The summed E-state index contributed by atoms with van der Waals surface area (Å²) in [4.78, 5) is 10.7. The Bertz CT molecular complexity index is 383. The van der Waals surface area contributed by atoms with E-state index >= 15 is 0 Å². The Morgan fingerprint density at radius 3 is 2.67 bits per heavy atom. The molecule has 0 unspecified atom stereocenters. The molecule has 0 aliphatic heterocycles. The van der Waals surface area contributed by atoms with Gasteiger partial charge >= 0.3 is 0 Å². The molecule has 3 heteroatoms. The Balaban J connectivity index is 2.58. The molecule has 80 valence electrons. The average molecular weight is 243 g/mol. The SMILES string of the molecule is CC(=O)C/C=C/Cc1ccc(Cl)cc1Cl. The molecule has 0 fully saturated rings. The second kappa shape index (κ2) is 5.94. The van der Waals surface area contributed by atoms with E-state index in [0.717, 1.165) is 12.0 Å². The second-order valence-electron chi connectivity index (χ2n) is 3.32. The van der Waals surface area contributed by atoms with Gasteiger partial charge in [0.25, 0.3) is 0 Å². The lowest BCUT2D eigenvalue weighted by molar-refractivity contribution is -0.116. The Morgan fingerprint density at radius 1 is 1.33 bits per heavy atom. The molecule has 0 spiro atoms. The van der Waals surface area contributed by atoms with Crippen molar-refractivity contribution in [3.05, 3.63) is 46.0 Å². The van der Waals surface area contributed by atoms with E-state index in [0.29, 0.717) is 16.5 Å². The second-order valence-corrected chi connectivity index (χ2v) is 4.16. The van der Waals surface area contributed by atoms with Crippen LogP contribution in [0.2, 0.25) is 10.0 Å². The Kier molecular flexibility index (Phi) is 4.86. The molecule has 1 aromatic carbocycles. The van der Waals surface area contributed by atoms with E-state index in [-0.39, 0.29) is 5.78 Å². The summed E-state index contributed by atoms with van der Waals surface area (Å²) in [5, 5.41) is 1.30. The fraction of sp³-hybridized carbons (Fsp3) is 0.250. The van der Waals surface area contributed by atoms with Gasteiger partial charge in [-0.2, -0.15) is 0 Å². The normalized spacial score (nSPS) is 10.9. The van der Waals surface area contributed by atoms with Gasteiger partial charge in [0.1, 0.15) is 5.78 Å². The van der Waals surface area contributed by atoms with Gasteiger partial charge in [-0.3, -0.25) is 4.79 Å². The van der Waals surface area contributed by atoms with Crippen molar-refractivity contribution in [3.63, 3.8) is 0 Å². The van der Waals surface area contributed by atoms with Gasteiger partial charge in [0.05, 0.1) is 0 Å². The van der Waals surface area contributed by atoms with Crippen LogP contribution in [0.1, 0.15) is 18.9 Å². The third-order valence-electron chi connectivity index (χ3n) is 1.92. The fourth-order valence-corrected chi connectivity index (χ4v) is 1.63. The highest BCUT2D eigenvalue weighted by molar-refractivity contribution is 6.35. The molecule has 0 saturated carbocycles. The maximum Gasteiger partial charge on any atom is 0.133 e. The van der Waals surface area contributed by atoms with Gasteiger partial charge in [0.2, 0.25) is 0 Å².